The Balaban J connectivity index is 1.00. The lowest BCUT2D eigenvalue weighted by molar-refractivity contribution is 1.08. The molecule has 0 saturated carbocycles. The van der Waals surface area contributed by atoms with E-state index in [2.05, 4.69) is 201 Å². The van der Waals surface area contributed by atoms with Gasteiger partial charge >= 0.3 is 0 Å². The molecule has 57 heavy (non-hydrogen) atoms. The van der Waals surface area contributed by atoms with Gasteiger partial charge < -0.3 is 4.90 Å². The molecule has 9 aromatic carbocycles. The molecular formula is C52H33N5. The van der Waals surface area contributed by atoms with Gasteiger partial charge in [-0.25, -0.2) is 0 Å². The Bertz CT molecular complexity index is 3170. The molecule has 2 aromatic heterocycles. The van der Waals surface area contributed by atoms with Crippen molar-refractivity contribution in [3.05, 3.63) is 200 Å². The molecule has 0 aliphatic heterocycles. The number of aromatic nitrogens is 4. The molecule has 0 aliphatic rings. The monoisotopic (exact) mass is 727 g/mol. The van der Waals surface area contributed by atoms with Gasteiger partial charge in [0.25, 0.3) is 0 Å². The summed E-state index contributed by atoms with van der Waals surface area (Å²) in [5, 5.41) is 26.8. The van der Waals surface area contributed by atoms with Crippen molar-refractivity contribution < 1.29 is 0 Å². The van der Waals surface area contributed by atoms with Crippen LogP contribution in [0, 0.1) is 0 Å². The Morgan fingerprint density at radius 1 is 0.298 bits per heavy atom. The molecule has 0 saturated heterocycles. The van der Waals surface area contributed by atoms with Gasteiger partial charge in [-0.2, -0.15) is 10.2 Å². The maximum Gasteiger partial charge on any atom is 0.101 e. The van der Waals surface area contributed by atoms with Gasteiger partial charge in [0.15, 0.2) is 0 Å². The zero-order chi connectivity index (χ0) is 37.7. The lowest BCUT2D eigenvalue weighted by Crippen LogP contribution is -2.10. The molecule has 0 bridgehead atoms. The molecule has 0 unspecified atom stereocenters. The van der Waals surface area contributed by atoms with Gasteiger partial charge in [-0.3, -0.25) is 0 Å². The Kier molecular flexibility index (Phi) is 7.74. The Labute approximate surface area is 329 Å². The summed E-state index contributed by atoms with van der Waals surface area (Å²) in [6, 6.07) is 67.4. The van der Waals surface area contributed by atoms with Crippen molar-refractivity contribution in [2.45, 2.75) is 0 Å². The van der Waals surface area contributed by atoms with E-state index in [-0.39, 0.29) is 0 Å². The number of nitrogens with zero attached hydrogens (tertiary/aromatic N) is 5. The second kappa shape index (κ2) is 13.5. The van der Waals surface area contributed by atoms with Crippen LogP contribution in [-0.4, -0.2) is 20.4 Å². The minimum Gasteiger partial charge on any atom is -0.310 e. The first kappa shape index (κ1) is 32.7. The van der Waals surface area contributed by atoms with E-state index in [1.54, 1.807) is 12.4 Å². The van der Waals surface area contributed by atoms with Gasteiger partial charge in [0, 0.05) is 39.0 Å². The van der Waals surface area contributed by atoms with Gasteiger partial charge in [-0.05, 0) is 115 Å². The van der Waals surface area contributed by atoms with Crippen molar-refractivity contribution in [1.82, 2.24) is 20.4 Å². The fourth-order valence-electron chi connectivity index (χ4n) is 8.26. The predicted molar refractivity (Wildman–Crippen MR) is 236 cm³/mol. The largest absolute Gasteiger partial charge is 0.310 e. The van der Waals surface area contributed by atoms with Crippen LogP contribution in [0.4, 0.5) is 17.1 Å². The molecule has 5 nitrogen and oxygen atoms in total. The van der Waals surface area contributed by atoms with Crippen LogP contribution in [0.1, 0.15) is 0 Å². The summed E-state index contributed by atoms with van der Waals surface area (Å²) in [6.07, 6.45) is 3.48. The van der Waals surface area contributed by atoms with E-state index in [0.29, 0.717) is 0 Å². The molecule has 0 N–H and O–H groups in total. The van der Waals surface area contributed by atoms with E-state index in [4.69, 9.17) is 0 Å². The molecule has 0 aliphatic carbocycles. The smallest absolute Gasteiger partial charge is 0.101 e. The molecular weight excluding hydrogens is 695 g/mol. The number of hydrogen-bond donors (Lipinski definition) is 0. The Hall–Kier alpha value is -7.76. The minimum atomic E-state index is 0.893. The molecule has 0 radical (unpaired) electrons. The van der Waals surface area contributed by atoms with Crippen molar-refractivity contribution in [2.75, 3.05) is 4.90 Å². The lowest BCUT2D eigenvalue weighted by Gasteiger charge is -2.26. The Morgan fingerprint density at radius 3 is 1.37 bits per heavy atom. The van der Waals surface area contributed by atoms with Gasteiger partial charge in [0.2, 0.25) is 0 Å². The van der Waals surface area contributed by atoms with Gasteiger partial charge in [0.1, 0.15) is 11.0 Å². The van der Waals surface area contributed by atoms with Crippen LogP contribution >= 0.6 is 0 Å². The van der Waals surface area contributed by atoms with Crippen LogP contribution in [0.2, 0.25) is 0 Å². The number of hydrogen-bond acceptors (Lipinski definition) is 5. The molecule has 5 heteroatoms. The summed E-state index contributed by atoms with van der Waals surface area (Å²) in [7, 11) is 0. The van der Waals surface area contributed by atoms with E-state index >= 15 is 0 Å². The van der Waals surface area contributed by atoms with Crippen molar-refractivity contribution in [2.24, 2.45) is 0 Å². The molecule has 11 aromatic rings. The third-order valence-corrected chi connectivity index (χ3v) is 11.1. The van der Waals surface area contributed by atoms with Crippen molar-refractivity contribution in [1.29, 1.82) is 0 Å². The molecule has 266 valence electrons. The van der Waals surface area contributed by atoms with Crippen LogP contribution in [0.3, 0.4) is 0 Å². The summed E-state index contributed by atoms with van der Waals surface area (Å²) in [5.74, 6) is 0. The first-order valence-corrected chi connectivity index (χ1v) is 19.1. The third kappa shape index (κ3) is 5.81. The number of anilines is 3. The summed E-state index contributed by atoms with van der Waals surface area (Å²) in [4.78, 5) is 2.33. The van der Waals surface area contributed by atoms with Gasteiger partial charge in [-0.15, -0.1) is 10.2 Å². The molecule has 0 atom stereocenters. The summed E-state index contributed by atoms with van der Waals surface area (Å²) in [6.45, 7) is 0. The quantitative estimate of drug-likeness (QED) is 0.160. The zero-order valence-electron chi connectivity index (χ0n) is 30.8. The van der Waals surface area contributed by atoms with Crippen LogP contribution < -0.4 is 4.90 Å². The van der Waals surface area contributed by atoms with E-state index in [1.807, 2.05) is 12.1 Å². The highest BCUT2D eigenvalue weighted by molar-refractivity contribution is 6.10. The fraction of sp³-hybridized carbons (Fsp3) is 0. The van der Waals surface area contributed by atoms with Gasteiger partial charge in [-0.1, -0.05) is 127 Å². The van der Waals surface area contributed by atoms with Crippen LogP contribution in [-0.2, 0) is 0 Å². The topological polar surface area (TPSA) is 54.8 Å². The second-order valence-electron chi connectivity index (χ2n) is 14.4. The van der Waals surface area contributed by atoms with E-state index in [1.165, 1.54) is 43.4 Å². The molecule has 0 amide bonds. The van der Waals surface area contributed by atoms with Crippen molar-refractivity contribution in [3.8, 4) is 33.4 Å². The van der Waals surface area contributed by atoms with E-state index in [9.17, 15) is 0 Å². The first-order chi connectivity index (χ1) is 28.2. The molecule has 2 heterocycles. The predicted octanol–water partition coefficient (Wildman–Crippen LogP) is 13.5. The fourth-order valence-corrected chi connectivity index (χ4v) is 8.26. The third-order valence-electron chi connectivity index (χ3n) is 11.1. The average molecular weight is 728 g/mol. The highest BCUT2D eigenvalue weighted by atomic mass is 15.1. The zero-order valence-corrected chi connectivity index (χ0v) is 30.8. The number of fused-ring (bicyclic) bond motifs is 6. The summed E-state index contributed by atoms with van der Waals surface area (Å²) in [5.41, 5.74) is 11.7. The first-order valence-electron chi connectivity index (χ1n) is 19.1. The Morgan fingerprint density at radius 2 is 0.754 bits per heavy atom. The normalized spacial score (nSPS) is 11.5. The molecule has 0 spiro atoms. The van der Waals surface area contributed by atoms with Crippen LogP contribution in [0.25, 0.3) is 87.5 Å². The highest BCUT2D eigenvalue weighted by Crippen LogP contribution is 2.40. The van der Waals surface area contributed by atoms with Crippen LogP contribution in [0.5, 0.6) is 0 Å². The maximum atomic E-state index is 4.48. The summed E-state index contributed by atoms with van der Waals surface area (Å²) >= 11 is 0. The second-order valence-corrected chi connectivity index (χ2v) is 14.4. The minimum absolute atomic E-state index is 0.893. The molecule has 11 rings (SSSR count). The van der Waals surface area contributed by atoms with Crippen molar-refractivity contribution in [3.63, 3.8) is 0 Å². The highest BCUT2D eigenvalue weighted by Gasteiger charge is 2.16. The average Bonchev–Trinajstić information content (AvgIpc) is 3.29. The maximum absolute atomic E-state index is 4.48. The standard InChI is InChI=1S/C52H33N5/c1-2-6-39-31-40(12-11-34(39)5-1)41-19-25-47-42(32-41)13-14-43-33-46(24-26-48(43)47)57(44-20-15-35(16-21-44)49-9-3-7-37-27-29-53-55-51(37)49)45-22-17-36(18-23-45)50-10-4-8-38-28-30-54-56-52(38)50/h1-33H. The van der Waals surface area contributed by atoms with Crippen LogP contribution in [0.15, 0.2) is 200 Å². The number of benzene rings is 9. The number of rotatable bonds is 6. The SMILES string of the molecule is c1ccc2cc(-c3ccc4c(ccc5cc(N(c6ccc(-c7cccc8ccnnc78)cc6)c6ccc(-c7cccc8ccnnc78)cc6)ccc54)c3)ccc2c1. The van der Waals surface area contributed by atoms with Crippen molar-refractivity contribution >= 4 is 71.2 Å². The lowest BCUT2D eigenvalue weighted by atomic mass is 9.96. The molecule has 0 fully saturated rings. The van der Waals surface area contributed by atoms with E-state index in [0.717, 1.165) is 61.1 Å². The van der Waals surface area contributed by atoms with Gasteiger partial charge in [0.05, 0.1) is 12.4 Å². The summed E-state index contributed by atoms with van der Waals surface area (Å²) < 4.78 is 0. The van der Waals surface area contributed by atoms with E-state index < -0.39 is 0 Å².